The van der Waals surface area contributed by atoms with Crippen molar-refractivity contribution in [2.45, 2.75) is 26.7 Å². The van der Waals surface area contributed by atoms with E-state index in [4.69, 9.17) is 0 Å². The molecule has 0 saturated carbocycles. The predicted octanol–water partition coefficient (Wildman–Crippen LogP) is 1.32. The van der Waals surface area contributed by atoms with E-state index in [0.717, 1.165) is 42.7 Å². The van der Waals surface area contributed by atoms with E-state index >= 15 is 0 Å². The first-order valence-corrected chi connectivity index (χ1v) is 7.53. The van der Waals surface area contributed by atoms with Crippen molar-refractivity contribution < 1.29 is 9.59 Å². The van der Waals surface area contributed by atoms with E-state index in [0.29, 0.717) is 13.1 Å². The Morgan fingerprint density at radius 3 is 2.86 bits per heavy atom. The summed E-state index contributed by atoms with van der Waals surface area (Å²) in [6, 6.07) is 5.88. The number of carbonyl (C=O) groups excluding carboxylic acids is 2. The van der Waals surface area contributed by atoms with Gasteiger partial charge in [-0.2, -0.15) is 0 Å². The summed E-state index contributed by atoms with van der Waals surface area (Å²) in [5.74, 6) is -0.982. The number of nitrogens with one attached hydrogen (secondary N) is 2. The maximum Gasteiger partial charge on any atom is 0.313 e. The highest BCUT2D eigenvalue weighted by Gasteiger charge is 2.23. The van der Waals surface area contributed by atoms with Gasteiger partial charge in [0.15, 0.2) is 0 Å². The Labute approximate surface area is 125 Å². The molecule has 0 radical (unpaired) electrons. The molecule has 0 aromatic heterocycles. The molecule has 0 atom stereocenters. The van der Waals surface area contributed by atoms with Crippen molar-refractivity contribution in [1.82, 2.24) is 10.2 Å². The Morgan fingerprint density at radius 1 is 1.29 bits per heavy atom. The number of amides is 2. The molecular formula is C16H23N3O2. The molecule has 0 aliphatic carbocycles. The molecule has 1 aromatic carbocycles. The fourth-order valence-corrected chi connectivity index (χ4v) is 2.56. The predicted molar refractivity (Wildman–Crippen MR) is 83.3 cm³/mol. The van der Waals surface area contributed by atoms with Gasteiger partial charge in [0.2, 0.25) is 0 Å². The molecule has 5 nitrogen and oxygen atoms in total. The molecule has 2 N–H and O–H groups in total. The zero-order valence-electron chi connectivity index (χ0n) is 12.7. The van der Waals surface area contributed by atoms with Gasteiger partial charge in [0.25, 0.3) is 0 Å². The van der Waals surface area contributed by atoms with Gasteiger partial charge in [-0.3, -0.25) is 9.59 Å². The molecular weight excluding hydrogens is 266 g/mol. The van der Waals surface area contributed by atoms with E-state index in [9.17, 15) is 9.59 Å². The minimum atomic E-state index is -0.541. The van der Waals surface area contributed by atoms with Crippen LogP contribution in [0.2, 0.25) is 0 Å². The summed E-state index contributed by atoms with van der Waals surface area (Å²) in [5.41, 5.74) is 2.80. The Bertz CT molecular complexity index is 520. The van der Waals surface area contributed by atoms with Crippen LogP contribution < -0.4 is 10.6 Å². The van der Waals surface area contributed by atoms with Crippen LogP contribution in [0.1, 0.15) is 24.5 Å². The molecule has 2 amide bonds. The average Bonchev–Trinajstić information content (AvgIpc) is 2.77. The van der Waals surface area contributed by atoms with Crippen LogP contribution in [0.25, 0.3) is 0 Å². The molecule has 1 aliphatic heterocycles. The minimum absolute atomic E-state index is 0.441. The summed E-state index contributed by atoms with van der Waals surface area (Å²) < 4.78 is 0. The standard InChI is InChI=1S/C16H23N3O2/c1-3-13-7-4-6-12(2)14(13)18-15(20)16(21)19-10-5-8-17-9-11-19/h4,6-7,17H,3,5,8-11H2,1-2H3,(H,18,20). The lowest BCUT2D eigenvalue weighted by atomic mass is 10.1. The monoisotopic (exact) mass is 289 g/mol. The first-order chi connectivity index (χ1) is 10.1. The second-order valence-corrected chi connectivity index (χ2v) is 5.31. The smallest absolute Gasteiger partial charge is 0.313 e. The number of carbonyl (C=O) groups is 2. The summed E-state index contributed by atoms with van der Waals surface area (Å²) in [6.07, 6.45) is 1.70. The second-order valence-electron chi connectivity index (χ2n) is 5.31. The van der Waals surface area contributed by atoms with Crippen LogP contribution in [-0.2, 0) is 16.0 Å². The highest BCUT2D eigenvalue weighted by atomic mass is 16.2. The van der Waals surface area contributed by atoms with E-state index in [1.165, 1.54) is 0 Å². The first-order valence-electron chi connectivity index (χ1n) is 7.53. The third-order valence-corrected chi connectivity index (χ3v) is 3.80. The summed E-state index contributed by atoms with van der Waals surface area (Å²) in [7, 11) is 0. The Balaban J connectivity index is 2.08. The van der Waals surface area contributed by atoms with E-state index in [1.807, 2.05) is 32.0 Å². The fourth-order valence-electron chi connectivity index (χ4n) is 2.56. The van der Waals surface area contributed by atoms with Crippen molar-refractivity contribution in [3.8, 4) is 0 Å². The average molecular weight is 289 g/mol. The summed E-state index contributed by atoms with van der Waals surface area (Å²) in [5, 5.41) is 6.02. The van der Waals surface area contributed by atoms with Gasteiger partial charge in [-0.05, 0) is 37.4 Å². The van der Waals surface area contributed by atoms with Crippen LogP contribution in [-0.4, -0.2) is 42.9 Å². The lowest BCUT2D eigenvalue weighted by Crippen LogP contribution is -2.41. The molecule has 0 spiro atoms. The number of para-hydroxylation sites is 1. The van der Waals surface area contributed by atoms with Crippen LogP contribution >= 0.6 is 0 Å². The SMILES string of the molecule is CCc1cccc(C)c1NC(=O)C(=O)N1CCCNCC1. The Kier molecular flexibility index (Phi) is 5.33. The van der Waals surface area contributed by atoms with Gasteiger partial charge in [0, 0.05) is 25.3 Å². The molecule has 21 heavy (non-hydrogen) atoms. The second kappa shape index (κ2) is 7.22. The van der Waals surface area contributed by atoms with Crippen molar-refractivity contribution in [2.75, 3.05) is 31.5 Å². The normalized spacial score (nSPS) is 15.4. The molecule has 0 unspecified atom stereocenters. The van der Waals surface area contributed by atoms with Crippen LogP contribution in [0, 0.1) is 6.92 Å². The molecule has 1 saturated heterocycles. The number of nitrogens with zero attached hydrogens (tertiary/aromatic N) is 1. The lowest BCUT2D eigenvalue weighted by molar-refractivity contribution is -0.143. The molecule has 0 bridgehead atoms. The topological polar surface area (TPSA) is 61.4 Å². The van der Waals surface area contributed by atoms with Crippen molar-refractivity contribution in [1.29, 1.82) is 0 Å². The van der Waals surface area contributed by atoms with Crippen LogP contribution in [0.15, 0.2) is 18.2 Å². The summed E-state index contributed by atoms with van der Waals surface area (Å²) >= 11 is 0. The Hall–Kier alpha value is -1.88. The maximum atomic E-state index is 12.3. The van der Waals surface area contributed by atoms with Crippen molar-refractivity contribution in [2.24, 2.45) is 0 Å². The number of hydrogen-bond acceptors (Lipinski definition) is 3. The van der Waals surface area contributed by atoms with Gasteiger partial charge in [-0.15, -0.1) is 0 Å². The molecule has 1 aromatic rings. The number of hydrogen-bond donors (Lipinski definition) is 2. The van der Waals surface area contributed by atoms with Gasteiger partial charge in [0.05, 0.1) is 0 Å². The zero-order valence-corrected chi connectivity index (χ0v) is 12.7. The number of benzene rings is 1. The number of anilines is 1. The zero-order chi connectivity index (χ0) is 15.2. The van der Waals surface area contributed by atoms with Crippen LogP contribution in [0.5, 0.6) is 0 Å². The van der Waals surface area contributed by atoms with Gasteiger partial charge in [0.1, 0.15) is 0 Å². The minimum Gasteiger partial charge on any atom is -0.333 e. The summed E-state index contributed by atoms with van der Waals surface area (Å²) in [6.45, 7) is 6.82. The molecule has 1 aliphatic rings. The third kappa shape index (κ3) is 3.82. The number of aryl methyl sites for hydroxylation is 2. The lowest BCUT2D eigenvalue weighted by Gasteiger charge is -2.20. The van der Waals surface area contributed by atoms with Gasteiger partial charge >= 0.3 is 11.8 Å². The van der Waals surface area contributed by atoms with Crippen molar-refractivity contribution >= 4 is 17.5 Å². The van der Waals surface area contributed by atoms with E-state index in [2.05, 4.69) is 10.6 Å². The molecule has 2 rings (SSSR count). The molecule has 1 heterocycles. The molecule has 114 valence electrons. The van der Waals surface area contributed by atoms with E-state index in [1.54, 1.807) is 4.90 Å². The largest absolute Gasteiger partial charge is 0.333 e. The van der Waals surface area contributed by atoms with E-state index in [-0.39, 0.29) is 0 Å². The van der Waals surface area contributed by atoms with Crippen LogP contribution in [0.4, 0.5) is 5.69 Å². The third-order valence-electron chi connectivity index (χ3n) is 3.80. The fraction of sp³-hybridized carbons (Fsp3) is 0.500. The van der Waals surface area contributed by atoms with E-state index < -0.39 is 11.8 Å². The quantitative estimate of drug-likeness (QED) is 0.807. The van der Waals surface area contributed by atoms with Gasteiger partial charge in [-0.1, -0.05) is 25.1 Å². The van der Waals surface area contributed by atoms with Crippen LogP contribution in [0.3, 0.4) is 0 Å². The molecule has 5 heteroatoms. The first kappa shape index (κ1) is 15.5. The highest BCUT2D eigenvalue weighted by Crippen LogP contribution is 2.21. The molecule has 1 fully saturated rings. The van der Waals surface area contributed by atoms with Crippen molar-refractivity contribution in [3.05, 3.63) is 29.3 Å². The maximum absolute atomic E-state index is 12.3. The Morgan fingerprint density at radius 2 is 2.10 bits per heavy atom. The highest BCUT2D eigenvalue weighted by molar-refractivity contribution is 6.39. The summed E-state index contributed by atoms with van der Waals surface area (Å²) in [4.78, 5) is 26.1. The van der Waals surface area contributed by atoms with Gasteiger partial charge < -0.3 is 15.5 Å². The van der Waals surface area contributed by atoms with Crippen molar-refractivity contribution in [3.63, 3.8) is 0 Å². The van der Waals surface area contributed by atoms with Gasteiger partial charge in [-0.25, -0.2) is 0 Å². The number of rotatable bonds is 2.